The molecule has 20 heavy (non-hydrogen) atoms. The summed E-state index contributed by atoms with van der Waals surface area (Å²) in [5.74, 6) is 0. The summed E-state index contributed by atoms with van der Waals surface area (Å²) in [5.41, 5.74) is 0.137. The first-order chi connectivity index (χ1) is 9.13. The topological polar surface area (TPSA) is 125 Å². The van der Waals surface area contributed by atoms with Crippen molar-refractivity contribution in [2.75, 3.05) is 0 Å². The first-order valence-corrected chi connectivity index (χ1v) is 5.41. The number of nitro benzene ring substituents is 1. The lowest BCUT2D eigenvalue weighted by Gasteiger charge is -1.85. The zero-order valence-electron chi connectivity index (χ0n) is 11.5. The summed E-state index contributed by atoms with van der Waals surface area (Å²) < 4.78 is 0. The summed E-state index contributed by atoms with van der Waals surface area (Å²) in [6.45, 7) is 8.00. The normalized spacial score (nSPS) is 5.40. The molecule has 0 spiro atoms. The van der Waals surface area contributed by atoms with Gasteiger partial charge in [-0.3, -0.25) is 10.1 Å². The summed E-state index contributed by atoms with van der Waals surface area (Å²) in [5, 5.41) is 20.8. The van der Waals surface area contributed by atoms with Crippen LogP contribution in [-0.4, -0.2) is 17.1 Å². The third-order valence-electron chi connectivity index (χ3n) is 0.967. The number of nitrogens with one attached hydrogen (secondary N) is 2. The van der Waals surface area contributed by atoms with Gasteiger partial charge < -0.3 is 0 Å². The fourth-order valence-electron chi connectivity index (χ4n) is 0.550. The monoisotopic (exact) mass is 285 g/mol. The van der Waals surface area contributed by atoms with Crippen molar-refractivity contribution < 1.29 is 14.5 Å². The highest BCUT2D eigenvalue weighted by Crippen LogP contribution is 2.06. The van der Waals surface area contributed by atoms with Gasteiger partial charge in [-0.15, -0.1) is 0 Å². The molecular weight excluding hydrogens is 262 g/mol. The molecule has 7 nitrogen and oxygen atoms in total. The molecule has 0 aliphatic rings. The Balaban J connectivity index is -0.0000000582. The maximum Gasteiger partial charge on any atom is 0.269 e. The summed E-state index contributed by atoms with van der Waals surface area (Å²) in [4.78, 5) is 26.3. The smallest absolute Gasteiger partial charge is 0.258 e. The van der Waals surface area contributed by atoms with Crippen LogP contribution in [0.2, 0.25) is 0 Å². The van der Waals surface area contributed by atoms with E-state index in [4.69, 9.17) is 20.4 Å². The summed E-state index contributed by atoms with van der Waals surface area (Å²) in [7, 11) is 0. The Morgan fingerprint density at radius 2 is 1.20 bits per heavy atom. The number of para-hydroxylation sites is 1. The van der Waals surface area contributed by atoms with E-state index in [-0.39, 0.29) is 13.1 Å². The van der Waals surface area contributed by atoms with E-state index in [1.54, 1.807) is 18.2 Å². The lowest BCUT2D eigenvalue weighted by atomic mass is 10.3. The lowest BCUT2D eigenvalue weighted by molar-refractivity contribution is -0.384. The number of non-ortho nitro benzene ring substituents is 1. The SMILES string of the molecule is C.CC.CC.N=C=O.N=C=O.O=[N+]([O-])c1ccccc1. The number of rotatable bonds is 1. The number of nitrogens with zero attached hydrogens (tertiary/aromatic N) is 1. The second kappa shape index (κ2) is 36.0. The molecule has 0 aliphatic heterocycles. The van der Waals surface area contributed by atoms with Crippen LogP contribution < -0.4 is 0 Å². The molecule has 2 N–H and O–H groups in total. The molecule has 0 unspecified atom stereocenters. The minimum absolute atomic E-state index is 0. The maximum absolute atomic E-state index is 10.0. The van der Waals surface area contributed by atoms with Gasteiger partial charge in [0.25, 0.3) is 5.69 Å². The number of carbonyl (C=O) groups excluding carboxylic acids is 2. The second-order valence-electron chi connectivity index (χ2n) is 1.80. The van der Waals surface area contributed by atoms with Crippen LogP contribution in [0.25, 0.3) is 0 Å². The average molecular weight is 285 g/mol. The van der Waals surface area contributed by atoms with Crippen LogP contribution >= 0.6 is 0 Å². The predicted molar refractivity (Wildman–Crippen MR) is 79.3 cm³/mol. The fourth-order valence-corrected chi connectivity index (χ4v) is 0.550. The van der Waals surface area contributed by atoms with Gasteiger partial charge in [0.2, 0.25) is 12.2 Å². The summed E-state index contributed by atoms with van der Waals surface area (Å²) >= 11 is 0. The number of hydrogen-bond donors (Lipinski definition) is 2. The third kappa shape index (κ3) is 36.1. The molecular formula is C13H23N3O4. The Morgan fingerprint density at radius 1 is 0.950 bits per heavy atom. The third-order valence-corrected chi connectivity index (χ3v) is 0.967. The molecule has 0 fully saturated rings. The number of isocyanates is 2. The van der Waals surface area contributed by atoms with Crippen LogP contribution in [0.4, 0.5) is 5.69 Å². The summed E-state index contributed by atoms with van der Waals surface area (Å²) in [6, 6.07) is 7.93. The van der Waals surface area contributed by atoms with Gasteiger partial charge in [0.05, 0.1) is 4.92 Å². The highest BCUT2D eigenvalue weighted by Gasteiger charge is 1.98. The number of benzene rings is 1. The van der Waals surface area contributed by atoms with Crippen molar-refractivity contribution in [1.29, 1.82) is 10.8 Å². The molecule has 0 aromatic heterocycles. The maximum atomic E-state index is 10.0. The average Bonchev–Trinajstić information content (AvgIpc) is 2.46. The van der Waals surface area contributed by atoms with Crippen molar-refractivity contribution in [2.45, 2.75) is 35.1 Å². The predicted octanol–water partition coefficient (Wildman–Crippen LogP) is 4.09. The second-order valence-corrected chi connectivity index (χ2v) is 1.80. The van der Waals surface area contributed by atoms with Gasteiger partial charge in [-0.05, 0) is 0 Å². The van der Waals surface area contributed by atoms with Crippen LogP contribution in [0.5, 0.6) is 0 Å². The van der Waals surface area contributed by atoms with E-state index in [2.05, 4.69) is 0 Å². The van der Waals surface area contributed by atoms with Crippen molar-refractivity contribution in [3.8, 4) is 0 Å². The first kappa shape index (κ1) is 30.4. The zero-order chi connectivity index (χ0) is 16.1. The van der Waals surface area contributed by atoms with Gasteiger partial charge in [-0.25, -0.2) is 20.4 Å². The quantitative estimate of drug-likeness (QED) is 0.349. The van der Waals surface area contributed by atoms with Crippen molar-refractivity contribution >= 4 is 17.8 Å². The number of hydrogen-bond acceptors (Lipinski definition) is 6. The van der Waals surface area contributed by atoms with Gasteiger partial charge >= 0.3 is 0 Å². The molecule has 0 amide bonds. The minimum atomic E-state index is -0.417. The Kier molecular flexibility index (Phi) is 54.7. The lowest BCUT2D eigenvalue weighted by Crippen LogP contribution is -1.84. The molecule has 114 valence electrons. The van der Waals surface area contributed by atoms with Crippen LogP contribution in [0.3, 0.4) is 0 Å². The highest BCUT2D eigenvalue weighted by atomic mass is 16.6. The first-order valence-electron chi connectivity index (χ1n) is 5.41. The molecule has 0 aliphatic carbocycles. The molecule has 1 aromatic carbocycles. The van der Waals surface area contributed by atoms with Crippen LogP contribution in [0.1, 0.15) is 35.1 Å². The number of nitro groups is 1. The van der Waals surface area contributed by atoms with Crippen LogP contribution in [0, 0.1) is 20.9 Å². The Bertz CT molecular complexity index is 343. The van der Waals surface area contributed by atoms with E-state index < -0.39 is 4.92 Å². The minimum Gasteiger partial charge on any atom is -0.258 e. The Morgan fingerprint density at radius 3 is 1.35 bits per heavy atom. The van der Waals surface area contributed by atoms with E-state index in [0.29, 0.717) is 0 Å². The van der Waals surface area contributed by atoms with Gasteiger partial charge in [-0.1, -0.05) is 53.3 Å². The van der Waals surface area contributed by atoms with Gasteiger partial charge in [0, 0.05) is 12.1 Å². The van der Waals surface area contributed by atoms with E-state index >= 15 is 0 Å². The van der Waals surface area contributed by atoms with Crippen molar-refractivity contribution in [1.82, 2.24) is 0 Å². The molecule has 1 rings (SSSR count). The molecule has 1 aromatic rings. The Hall–Kier alpha value is -2.62. The highest BCUT2D eigenvalue weighted by molar-refractivity contribution is 5.28. The largest absolute Gasteiger partial charge is 0.269 e. The molecule has 7 heteroatoms. The zero-order valence-corrected chi connectivity index (χ0v) is 11.5. The molecule has 0 bridgehead atoms. The van der Waals surface area contributed by atoms with E-state index in [1.165, 1.54) is 12.1 Å². The van der Waals surface area contributed by atoms with Crippen molar-refractivity contribution in [3.63, 3.8) is 0 Å². The van der Waals surface area contributed by atoms with Gasteiger partial charge in [0.1, 0.15) is 0 Å². The fraction of sp³-hybridized carbons (Fsp3) is 0.385. The van der Waals surface area contributed by atoms with E-state index in [1.807, 2.05) is 27.7 Å². The molecule has 0 saturated heterocycles. The summed E-state index contributed by atoms with van der Waals surface area (Å²) in [6.07, 6.45) is 1.50. The standard InChI is InChI=1S/C6H5NO2.2C2H6.2CHNO.CH4/c8-7(9)6-4-2-1-3-5-6;2*1-2;2*2-1-3;/h1-5H;2*1-2H3;2*2H;1H4. The van der Waals surface area contributed by atoms with Crippen LogP contribution in [-0.2, 0) is 9.59 Å². The van der Waals surface area contributed by atoms with Crippen molar-refractivity contribution in [3.05, 3.63) is 40.4 Å². The Labute approximate surface area is 119 Å². The molecule has 0 heterocycles. The van der Waals surface area contributed by atoms with Gasteiger partial charge in [-0.2, -0.15) is 0 Å². The molecule has 0 atom stereocenters. The van der Waals surface area contributed by atoms with Crippen molar-refractivity contribution in [2.24, 2.45) is 0 Å². The van der Waals surface area contributed by atoms with E-state index in [9.17, 15) is 10.1 Å². The molecule has 0 saturated carbocycles. The van der Waals surface area contributed by atoms with Crippen LogP contribution in [0.15, 0.2) is 30.3 Å². The molecule has 0 radical (unpaired) electrons. The van der Waals surface area contributed by atoms with Gasteiger partial charge in [0.15, 0.2) is 0 Å². The van der Waals surface area contributed by atoms with E-state index in [0.717, 1.165) is 12.2 Å².